The molecule has 2 aliphatic rings. The third-order valence-electron chi connectivity index (χ3n) is 5.90. The highest BCUT2D eigenvalue weighted by Crippen LogP contribution is 2.51. The van der Waals surface area contributed by atoms with Gasteiger partial charge in [0.25, 0.3) is 0 Å². The lowest BCUT2D eigenvalue weighted by Crippen LogP contribution is -2.48. The zero-order chi connectivity index (χ0) is 19.7. The molecule has 0 aromatic heterocycles. The smallest absolute Gasteiger partial charge is 0.226 e. The van der Waals surface area contributed by atoms with Crippen LogP contribution in [0, 0.1) is 12.8 Å². The van der Waals surface area contributed by atoms with Crippen LogP contribution >= 0.6 is 0 Å². The van der Waals surface area contributed by atoms with Gasteiger partial charge in [-0.25, -0.2) is 8.93 Å². The number of nitrogens with one attached hydrogen (secondary N) is 1. The van der Waals surface area contributed by atoms with Crippen LogP contribution < -0.4 is 4.72 Å². The van der Waals surface area contributed by atoms with Crippen LogP contribution in [0.4, 0.5) is 0 Å². The lowest BCUT2D eigenvalue weighted by atomic mass is 9.95. The Balaban J connectivity index is 1.48. The van der Waals surface area contributed by atoms with Gasteiger partial charge in [-0.15, -0.1) is 0 Å². The van der Waals surface area contributed by atoms with Crippen LogP contribution in [0.1, 0.15) is 36.3 Å². The van der Waals surface area contributed by atoms with Crippen LogP contribution in [0.15, 0.2) is 48.5 Å². The standard InChI is InChI=1S/C23H28N2O2S/c1-16-9-11-17(12-10-16)19-7-3-4-8-20(19)21-14-22(21)23(26)25-13-5-6-18(15-25)24-28(2)27/h3-4,7-12,18,21-22,24H,5-6,13-15H2,1-2H3. The van der Waals surface area contributed by atoms with E-state index in [1.807, 2.05) is 4.90 Å². The summed E-state index contributed by atoms with van der Waals surface area (Å²) in [5.41, 5.74) is 4.99. The van der Waals surface area contributed by atoms with E-state index in [1.54, 1.807) is 6.26 Å². The van der Waals surface area contributed by atoms with Gasteiger partial charge in [0, 0.05) is 31.3 Å². The van der Waals surface area contributed by atoms with Gasteiger partial charge in [-0.2, -0.15) is 0 Å². The number of likely N-dealkylation sites (tertiary alicyclic amines) is 1. The van der Waals surface area contributed by atoms with Crippen LogP contribution in [0.2, 0.25) is 0 Å². The predicted octanol–water partition coefficient (Wildman–Crippen LogP) is 3.64. The molecule has 1 saturated heterocycles. The number of hydrogen-bond acceptors (Lipinski definition) is 2. The SMILES string of the molecule is Cc1ccc(-c2ccccc2C2CC2C(=O)N2CCCC(NS(C)=O)C2)cc1. The van der Waals surface area contributed by atoms with Crippen molar-refractivity contribution in [3.8, 4) is 11.1 Å². The molecule has 1 heterocycles. The summed E-state index contributed by atoms with van der Waals surface area (Å²) in [6, 6.07) is 17.2. The summed E-state index contributed by atoms with van der Waals surface area (Å²) in [7, 11) is -1.04. The maximum absolute atomic E-state index is 13.1. The molecule has 2 aromatic rings. The third-order valence-corrected chi connectivity index (χ3v) is 6.56. The second-order valence-electron chi connectivity index (χ2n) is 8.10. The quantitative estimate of drug-likeness (QED) is 0.839. The van der Waals surface area contributed by atoms with E-state index in [-0.39, 0.29) is 17.9 Å². The maximum Gasteiger partial charge on any atom is 0.226 e. The molecule has 148 valence electrons. The van der Waals surface area contributed by atoms with E-state index in [1.165, 1.54) is 22.3 Å². The molecule has 28 heavy (non-hydrogen) atoms. The van der Waals surface area contributed by atoms with Gasteiger partial charge in [-0.05, 0) is 48.8 Å². The zero-order valence-corrected chi connectivity index (χ0v) is 17.4. The fourth-order valence-corrected chi connectivity index (χ4v) is 5.03. The van der Waals surface area contributed by atoms with Gasteiger partial charge in [0.15, 0.2) is 0 Å². The second kappa shape index (κ2) is 8.18. The Morgan fingerprint density at radius 2 is 1.89 bits per heavy atom. The van der Waals surface area contributed by atoms with E-state index in [0.717, 1.165) is 25.8 Å². The Bertz CT molecular complexity index is 880. The first-order valence-corrected chi connectivity index (χ1v) is 11.6. The Morgan fingerprint density at radius 3 is 2.64 bits per heavy atom. The van der Waals surface area contributed by atoms with Gasteiger partial charge >= 0.3 is 0 Å². The molecule has 0 bridgehead atoms. The molecular weight excluding hydrogens is 368 g/mol. The molecule has 0 spiro atoms. The van der Waals surface area contributed by atoms with Crippen molar-refractivity contribution in [3.05, 3.63) is 59.7 Å². The summed E-state index contributed by atoms with van der Waals surface area (Å²) in [6.45, 7) is 3.58. The molecule has 4 atom stereocenters. The van der Waals surface area contributed by atoms with Gasteiger partial charge in [-0.1, -0.05) is 54.1 Å². The Kier molecular flexibility index (Phi) is 5.65. The van der Waals surface area contributed by atoms with E-state index in [0.29, 0.717) is 12.5 Å². The Morgan fingerprint density at radius 1 is 1.14 bits per heavy atom. The van der Waals surface area contributed by atoms with E-state index < -0.39 is 11.0 Å². The number of amides is 1. The topological polar surface area (TPSA) is 49.4 Å². The highest BCUT2D eigenvalue weighted by molar-refractivity contribution is 7.82. The molecule has 1 aliphatic heterocycles. The van der Waals surface area contributed by atoms with Crippen molar-refractivity contribution >= 4 is 16.9 Å². The minimum absolute atomic E-state index is 0.0810. The Labute approximate surface area is 169 Å². The van der Waals surface area contributed by atoms with Crippen LogP contribution in [0.5, 0.6) is 0 Å². The third kappa shape index (κ3) is 4.20. The van der Waals surface area contributed by atoms with Gasteiger partial charge in [-0.3, -0.25) is 4.79 Å². The van der Waals surface area contributed by atoms with Crippen LogP contribution in [0.25, 0.3) is 11.1 Å². The number of carbonyl (C=O) groups is 1. The molecular formula is C23H28N2O2S. The number of piperidine rings is 1. The number of benzene rings is 2. The van der Waals surface area contributed by atoms with Gasteiger partial charge in [0.2, 0.25) is 5.91 Å². The van der Waals surface area contributed by atoms with Crippen molar-refractivity contribution in [2.75, 3.05) is 19.3 Å². The molecule has 5 heteroatoms. The maximum atomic E-state index is 13.1. The fraction of sp³-hybridized carbons (Fsp3) is 0.435. The van der Waals surface area contributed by atoms with Gasteiger partial charge in [0.1, 0.15) is 0 Å². The highest BCUT2D eigenvalue weighted by atomic mass is 32.2. The molecule has 2 fully saturated rings. The highest BCUT2D eigenvalue weighted by Gasteiger charge is 2.47. The average Bonchev–Trinajstić information content (AvgIpc) is 3.48. The second-order valence-corrected chi connectivity index (χ2v) is 9.24. The Hall–Kier alpha value is -1.98. The first-order valence-electron chi connectivity index (χ1n) is 10.1. The van der Waals surface area contributed by atoms with Crippen LogP contribution in [0.3, 0.4) is 0 Å². The monoisotopic (exact) mass is 396 g/mol. The zero-order valence-electron chi connectivity index (χ0n) is 16.6. The van der Waals surface area contributed by atoms with Crippen molar-refractivity contribution in [3.63, 3.8) is 0 Å². The molecule has 4 rings (SSSR count). The summed E-state index contributed by atoms with van der Waals surface area (Å²) in [6.07, 6.45) is 4.53. The molecule has 1 saturated carbocycles. The summed E-state index contributed by atoms with van der Waals surface area (Å²) < 4.78 is 14.5. The summed E-state index contributed by atoms with van der Waals surface area (Å²) in [5.74, 6) is 0.646. The van der Waals surface area contributed by atoms with Crippen LogP contribution in [-0.4, -0.2) is 40.4 Å². The van der Waals surface area contributed by atoms with E-state index in [9.17, 15) is 9.00 Å². The fourth-order valence-electron chi connectivity index (χ4n) is 4.37. The molecule has 1 aliphatic carbocycles. The lowest BCUT2D eigenvalue weighted by molar-refractivity contribution is -0.133. The van der Waals surface area contributed by atoms with E-state index in [4.69, 9.17) is 0 Å². The van der Waals surface area contributed by atoms with Crippen molar-refractivity contribution < 1.29 is 9.00 Å². The number of rotatable bonds is 5. The van der Waals surface area contributed by atoms with Crippen molar-refractivity contribution in [1.29, 1.82) is 0 Å². The van der Waals surface area contributed by atoms with Crippen molar-refractivity contribution in [1.82, 2.24) is 9.62 Å². The first kappa shape index (κ1) is 19.3. The van der Waals surface area contributed by atoms with Crippen LogP contribution in [-0.2, 0) is 15.8 Å². The number of hydrogen-bond donors (Lipinski definition) is 1. The van der Waals surface area contributed by atoms with Crippen molar-refractivity contribution in [2.24, 2.45) is 5.92 Å². The van der Waals surface area contributed by atoms with Gasteiger partial charge < -0.3 is 4.90 Å². The average molecular weight is 397 g/mol. The number of nitrogens with zero attached hydrogens (tertiary/aromatic N) is 1. The molecule has 1 N–H and O–H groups in total. The van der Waals surface area contributed by atoms with E-state index >= 15 is 0 Å². The predicted molar refractivity (Wildman–Crippen MR) is 114 cm³/mol. The molecule has 4 nitrogen and oxygen atoms in total. The summed E-state index contributed by atoms with van der Waals surface area (Å²) >= 11 is 0. The number of aryl methyl sites for hydroxylation is 1. The largest absolute Gasteiger partial charge is 0.341 e. The molecule has 0 radical (unpaired) electrons. The lowest BCUT2D eigenvalue weighted by Gasteiger charge is -2.33. The molecule has 1 amide bonds. The normalized spacial score (nSPS) is 25.4. The minimum atomic E-state index is -1.04. The summed E-state index contributed by atoms with van der Waals surface area (Å²) in [5, 5.41) is 0. The summed E-state index contributed by atoms with van der Waals surface area (Å²) in [4.78, 5) is 15.1. The molecule has 2 aromatic carbocycles. The van der Waals surface area contributed by atoms with Gasteiger partial charge in [0.05, 0.1) is 11.0 Å². The molecule has 4 unspecified atom stereocenters. The number of carbonyl (C=O) groups excluding carboxylic acids is 1. The van der Waals surface area contributed by atoms with E-state index in [2.05, 4.69) is 60.2 Å². The van der Waals surface area contributed by atoms with Crippen molar-refractivity contribution in [2.45, 2.75) is 38.1 Å². The first-order chi connectivity index (χ1) is 13.5. The minimum Gasteiger partial charge on any atom is -0.341 e.